The van der Waals surface area contributed by atoms with E-state index in [4.69, 9.17) is 0 Å². The molecule has 2 aliphatic heterocycles. The number of fused-ring (bicyclic) bond motifs is 1. The van der Waals surface area contributed by atoms with E-state index in [0.717, 1.165) is 10.0 Å². The summed E-state index contributed by atoms with van der Waals surface area (Å²) in [7, 11) is 0. The maximum absolute atomic E-state index is 12.6. The number of amides is 2. The SMILES string of the molecule is CC(C)CC(=O)N1CCC2(CC1)Cc1cc(Br)cnc1NC2=O. The zero-order valence-electron chi connectivity index (χ0n) is 13.6. The van der Waals surface area contributed by atoms with Gasteiger partial charge in [0.15, 0.2) is 0 Å². The molecule has 0 radical (unpaired) electrons. The van der Waals surface area contributed by atoms with Gasteiger partial charge in [0.1, 0.15) is 5.82 Å². The summed E-state index contributed by atoms with van der Waals surface area (Å²) < 4.78 is 0.923. The van der Waals surface area contributed by atoms with Gasteiger partial charge in [-0.1, -0.05) is 13.8 Å². The quantitative estimate of drug-likeness (QED) is 0.858. The number of hydrogen-bond acceptors (Lipinski definition) is 3. The summed E-state index contributed by atoms with van der Waals surface area (Å²) in [6.45, 7) is 5.44. The number of nitrogens with zero attached hydrogens (tertiary/aromatic N) is 2. The first-order chi connectivity index (χ1) is 10.9. The lowest BCUT2D eigenvalue weighted by Crippen LogP contribution is -2.51. The van der Waals surface area contributed by atoms with E-state index in [-0.39, 0.29) is 11.8 Å². The second-order valence-corrected chi connectivity index (χ2v) is 7.97. The molecule has 2 aliphatic rings. The molecule has 1 aromatic rings. The molecule has 0 saturated carbocycles. The van der Waals surface area contributed by atoms with Crippen LogP contribution in [0, 0.1) is 11.3 Å². The zero-order valence-corrected chi connectivity index (χ0v) is 15.1. The van der Waals surface area contributed by atoms with Gasteiger partial charge in [-0.25, -0.2) is 4.98 Å². The van der Waals surface area contributed by atoms with Crippen molar-refractivity contribution >= 4 is 33.6 Å². The minimum atomic E-state index is -0.399. The highest BCUT2D eigenvalue weighted by Crippen LogP contribution is 2.41. The Bertz CT molecular complexity index is 637. The lowest BCUT2D eigenvalue weighted by Gasteiger charge is -2.43. The maximum Gasteiger partial charge on any atom is 0.232 e. The van der Waals surface area contributed by atoms with Crippen LogP contribution in [0.3, 0.4) is 0 Å². The van der Waals surface area contributed by atoms with Crippen LogP contribution in [0.2, 0.25) is 0 Å². The van der Waals surface area contributed by atoms with E-state index >= 15 is 0 Å². The molecule has 1 fully saturated rings. The van der Waals surface area contributed by atoms with Gasteiger partial charge in [0, 0.05) is 30.2 Å². The summed E-state index contributed by atoms with van der Waals surface area (Å²) in [6, 6.07) is 2.03. The van der Waals surface area contributed by atoms with E-state index in [9.17, 15) is 9.59 Å². The Morgan fingerprint density at radius 2 is 2.13 bits per heavy atom. The fraction of sp³-hybridized carbons (Fsp3) is 0.588. The highest BCUT2D eigenvalue weighted by Gasteiger charge is 2.45. The van der Waals surface area contributed by atoms with E-state index in [1.807, 2.05) is 11.0 Å². The van der Waals surface area contributed by atoms with Crippen molar-refractivity contribution in [3.63, 3.8) is 0 Å². The van der Waals surface area contributed by atoms with E-state index in [1.54, 1.807) is 6.20 Å². The van der Waals surface area contributed by atoms with E-state index in [2.05, 4.69) is 40.1 Å². The summed E-state index contributed by atoms with van der Waals surface area (Å²) in [5.41, 5.74) is 0.672. The summed E-state index contributed by atoms with van der Waals surface area (Å²) in [6.07, 6.45) is 4.42. The Balaban J connectivity index is 1.72. The minimum absolute atomic E-state index is 0.0516. The number of nitrogens with one attached hydrogen (secondary N) is 1. The molecule has 0 bridgehead atoms. The van der Waals surface area contributed by atoms with Crippen LogP contribution >= 0.6 is 15.9 Å². The molecule has 2 amide bonds. The third-order valence-electron chi connectivity index (χ3n) is 4.83. The molecule has 0 aromatic carbocycles. The van der Waals surface area contributed by atoms with Crippen LogP contribution in [0.1, 0.15) is 38.7 Å². The highest BCUT2D eigenvalue weighted by molar-refractivity contribution is 9.10. The summed E-state index contributed by atoms with van der Waals surface area (Å²) in [5.74, 6) is 1.29. The van der Waals surface area contributed by atoms with E-state index < -0.39 is 5.41 Å². The topological polar surface area (TPSA) is 62.3 Å². The van der Waals surface area contributed by atoms with Gasteiger partial charge in [-0.15, -0.1) is 0 Å². The largest absolute Gasteiger partial charge is 0.343 e. The van der Waals surface area contributed by atoms with Crippen molar-refractivity contribution in [3.8, 4) is 0 Å². The summed E-state index contributed by atoms with van der Waals surface area (Å²) >= 11 is 3.44. The number of pyridine rings is 1. The Labute approximate surface area is 145 Å². The molecular formula is C17H22BrN3O2. The molecular weight excluding hydrogens is 358 g/mol. The Kier molecular flexibility index (Phi) is 4.45. The first kappa shape index (κ1) is 16.4. The van der Waals surface area contributed by atoms with E-state index in [1.165, 1.54) is 0 Å². The molecule has 3 rings (SSSR count). The number of anilines is 1. The summed E-state index contributed by atoms with van der Waals surface area (Å²) in [4.78, 5) is 31.0. The molecule has 124 valence electrons. The molecule has 1 saturated heterocycles. The van der Waals surface area contributed by atoms with Crippen molar-refractivity contribution < 1.29 is 9.59 Å². The predicted octanol–water partition coefficient (Wildman–Crippen LogP) is 2.99. The zero-order chi connectivity index (χ0) is 16.6. The highest BCUT2D eigenvalue weighted by atomic mass is 79.9. The van der Waals surface area contributed by atoms with Gasteiger partial charge in [0.2, 0.25) is 11.8 Å². The average molecular weight is 380 g/mol. The number of aromatic nitrogens is 1. The van der Waals surface area contributed by atoms with Gasteiger partial charge in [0.05, 0.1) is 5.41 Å². The molecule has 1 aromatic heterocycles. The van der Waals surface area contributed by atoms with Crippen molar-refractivity contribution in [3.05, 3.63) is 22.3 Å². The second kappa shape index (κ2) is 6.23. The number of piperidine rings is 1. The smallest absolute Gasteiger partial charge is 0.232 e. The van der Waals surface area contributed by atoms with Gasteiger partial charge in [-0.05, 0) is 52.7 Å². The van der Waals surface area contributed by atoms with Gasteiger partial charge in [0.25, 0.3) is 0 Å². The Hall–Kier alpha value is -1.43. The second-order valence-electron chi connectivity index (χ2n) is 7.05. The number of hydrogen-bond donors (Lipinski definition) is 1. The summed E-state index contributed by atoms with van der Waals surface area (Å²) in [5, 5.41) is 2.95. The lowest BCUT2D eigenvalue weighted by molar-refractivity contribution is -0.138. The molecule has 6 heteroatoms. The maximum atomic E-state index is 12.6. The number of carbonyl (C=O) groups excluding carboxylic acids is 2. The van der Waals surface area contributed by atoms with Crippen LogP contribution in [0.5, 0.6) is 0 Å². The lowest BCUT2D eigenvalue weighted by atomic mass is 9.71. The number of carbonyl (C=O) groups is 2. The van der Waals surface area contributed by atoms with Crippen LogP contribution in [0.25, 0.3) is 0 Å². The first-order valence-corrected chi connectivity index (χ1v) is 8.92. The standard InChI is InChI=1S/C17H22BrN3O2/c1-11(2)7-14(22)21-5-3-17(4-6-21)9-12-8-13(18)10-19-15(12)20-16(17)23/h8,10-11H,3-7,9H2,1-2H3,(H,19,20,23). The third kappa shape index (κ3) is 3.27. The molecule has 0 aliphatic carbocycles. The predicted molar refractivity (Wildman–Crippen MR) is 92.0 cm³/mol. The minimum Gasteiger partial charge on any atom is -0.343 e. The Morgan fingerprint density at radius 1 is 1.43 bits per heavy atom. The monoisotopic (exact) mass is 379 g/mol. The first-order valence-electron chi connectivity index (χ1n) is 8.13. The van der Waals surface area contributed by atoms with Gasteiger partial charge >= 0.3 is 0 Å². The van der Waals surface area contributed by atoms with Crippen molar-refractivity contribution in [1.82, 2.24) is 9.88 Å². The van der Waals surface area contributed by atoms with Gasteiger partial charge in [-0.2, -0.15) is 0 Å². The third-order valence-corrected chi connectivity index (χ3v) is 5.27. The van der Waals surface area contributed by atoms with Crippen molar-refractivity contribution in [2.75, 3.05) is 18.4 Å². The molecule has 0 atom stereocenters. The number of likely N-dealkylation sites (tertiary alicyclic amines) is 1. The fourth-order valence-electron chi connectivity index (χ4n) is 3.48. The van der Waals surface area contributed by atoms with Crippen LogP contribution in [0.4, 0.5) is 5.82 Å². The van der Waals surface area contributed by atoms with Crippen LogP contribution in [0.15, 0.2) is 16.7 Å². The molecule has 23 heavy (non-hydrogen) atoms. The van der Waals surface area contributed by atoms with Crippen LogP contribution in [-0.4, -0.2) is 34.8 Å². The van der Waals surface area contributed by atoms with Gasteiger partial charge in [-0.3, -0.25) is 9.59 Å². The normalized spacial score (nSPS) is 19.7. The average Bonchev–Trinajstić information content (AvgIpc) is 2.49. The van der Waals surface area contributed by atoms with Crippen molar-refractivity contribution in [1.29, 1.82) is 0 Å². The fourth-order valence-corrected chi connectivity index (χ4v) is 3.86. The molecule has 1 N–H and O–H groups in total. The van der Waals surface area contributed by atoms with Crippen LogP contribution < -0.4 is 5.32 Å². The Morgan fingerprint density at radius 3 is 2.78 bits per heavy atom. The molecule has 5 nitrogen and oxygen atoms in total. The van der Waals surface area contributed by atoms with Crippen molar-refractivity contribution in [2.24, 2.45) is 11.3 Å². The van der Waals surface area contributed by atoms with Crippen LogP contribution in [-0.2, 0) is 16.0 Å². The van der Waals surface area contributed by atoms with Crippen molar-refractivity contribution in [2.45, 2.75) is 39.5 Å². The number of halogens is 1. The number of rotatable bonds is 2. The molecule has 0 unspecified atom stereocenters. The van der Waals surface area contributed by atoms with E-state index in [0.29, 0.717) is 50.5 Å². The molecule has 1 spiro atoms. The molecule has 3 heterocycles. The van der Waals surface area contributed by atoms with Gasteiger partial charge < -0.3 is 10.2 Å².